The average molecular weight is 278 g/mol. The van der Waals surface area contributed by atoms with Gasteiger partial charge in [0.25, 0.3) is 0 Å². The predicted octanol–water partition coefficient (Wildman–Crippen LogP) is 4.91. The Balaban J connectivity index is 2.33. The van der Waals surface area contributed by atoms with Gasteiger partial charge in [0.05, 0.1) is 5.56 Å². The first-order valence-corrected chi connectivity index (χ1v) is 7.13. The van der Waals surface area contributed by atoms with Crippen LogP contribution in [0.4, 0.5) is 0 Å². The maximum absolute atomic E-state index is 11.5. The van der Waals surface area contributed by atoms with Crippen LogP contribution in [-0.4, -0.2) is 11.1 Å². The average Bonchev–Trinajstić information content (AvgIpc) is 2.85. The predicted molar refractivity (Wildman–Crippen MR) is 83.8 cm³/mol. The molecule has 0 radical (unpaired) electrons. The molecular weight excluding hydrogens is 268 g/mol. The van der Waals surface area contributed by atoms with Crippen LogP contribution in [0.25, 0.3) is 30.9 Å². The third-order valence-electron chi connectivity index (χ3n) is 3.61. The smallest absolute Gasteiger partial charge is 0.336 e. The number of aromatic carboxylic acids is 1. The molecule has 0 bridgehead atoms. The molecule has 2 nitrogen and oxygen atoms in total. The van der Waals surface area contributed by atoms with Crippen LogP contribution in [0.1, 0.15) is 10.4 Å². The number of carbonyl (C=O) groups is 1. The van der Waals surface area contributed by atoms with Crippen molar-refractivity contribution in [3.63, 3.8) is 0 Å². The molecule has 3 aromatic carbocycles. The van der Waals surface area contributed by atoms with E-state index in [1.54, 1.807) is 17.4 Å². The highest BCUT2D eigenvalue weighted by Gasteiger charge is 2.14. The van der Waals surface area contributed by atoms with E-state index in [4.69, 9.17) is 0 Å². The van der Waals surface area contributed by atoms with E-state index in [-0.39, 0.29) is 0 Å². The fraction of sp³-hybridized carbons (Fsp3) is 0. The van der Waals surface area contributed by atoms with E-state index in [9.17, 15) is 9.90 Å². The second kappa shape index (κ2) is 4.05. The van der Waals surface area contributed by atoms with Crippen molar-refractivity contribution in [2.75, 3.05) is 0 Å². The molecule has 1 N–H and O–H groups in total. The summed E-state index contributed by atoms with van der Waals surface area (Å²) in [6, 6.07) is 17.7. The third-order valence-corrected chi connectivity index (χ3v) is 4.83. The lowest BCUT2D eigenvalue weighted by Crippen LogP contribution is -1.97. The zero-order valence-electron chi connectivity index (χ0n) is 10.5. The van der Waals surface area contributed by atoms with Crippen LogP contribution >= 0.6 is 11.3 Å². The monoisotopic (exact) mass is 278 g/mol. The largest absolute Gasteiger partial charge is 0.478 e. The normalized spacial score (nSPS) is 11.4. The zero-order valence-corrected chi connectivity index (χ0v) is 11.3. The molecule has 0 saturated carbocycles. The van der Waals surface area contributed by atoms with E-state index in [1.165, 1.54) is 4.70 Å². The summed E-state index contributed by atoms with van der Waals surface area (Å²) in [5, 5.41) is 13.4. The lowest BCUT2D eigenvalue weighted by Gasteiger charge is -2.04. The zero-order chi connectivity index (χ0) is 13.7. The summed E-state index contributed by atoms with van der Waals surface area (Å²) in [6.45, 7) is 0. The minimum Gasteiger partial charge on any atom is -0.478 e. The summed E-state index contributed by atoms with van der Waals surface area (Å²) in [5.41, 5.74) is 0.372. The van der Waals surface area contributed by atoms with Gasteiger partial charge in [-0.25, -0.2) is 4.79 Å². The van der Waals surface area contributed by atoms with Crippen LogP contribution in [0.5, 0.6) is 0 Å². The molecule has 0 fully saturated rings. The van der Waals surface area contributed by atoms with Crippen LogP contribution < -0.4 is 0 Å². The van der Waals surface area contributed by atoms with Gasteiger partial charge < -0.3 is 5.11 Å². The van der Waals surface area contributed by atoms with Gasteiger partial charge >= 0.3 is 5.97 Å². The third kappa shape index (κ3) is 1.47. The highest BCUT2D eigenvalue weighted by molar-refractivity contribution is 7.26. The SMILES string of the molecule is O=C(O)c1cc2c3ccccc3sc2c2ccccc12. The van der Waals surface area contributed by atoms with Gasteiger partial charge in [0, 0.05) is 25.6 Å². The number of fused-ring (bicyclic) bond motifs is 5. The molecule has 4 aromatic rings. The van der Waals surface area contributed by atoms with Crippen LogP contribution in [-0.2, 0) is 0 Å². The summed E-state index contributed by atoms with van der Waals surface area (Å²) in [6.07, 6.45) is 0. The van der Waals surface area contributed by atoms with Gasteiger partial charge in [-0.15, -0.1) is 11.3 Å². The molecule has 1 heterocycles. The van der Waals surface area contributed by atoms with Gasteiger partial charge in [0.2, 0.25) is 0 Å². The van der Waals surface area contributed by atoms with Crippen molar-refractivity contribution in [3.05, 3.63) is 60.2 Å². The fourth-order valence-corrected chi connectivity index (χ4v) is 3.95. The molecule has 1 aromatic heterocycles. The van der Waals surface area contributed by atoms with Crippen molar-refractivity contribution in [1.29, 1.82) is 0 Å². The van der Waals surface area contributed by atoms with Crippen molar-refractivity contribution in [2.45, 2.75) is 0 Å². The van der Waals surface area contributed by atoms with Gasteiger partial charge in [-0.1, -0.05) is 42.5 Å². The van der Waals surface area contributed by atoms with E-state index < -0.39 is 5.97 Å². The Labute approximate surface area is 118 Å². The minimum absolute atomic E-state index is 0.372. The quantitative estimate of drug-likeness (QED) is 0.537. The standard InChI is InChI=1S/C17H10O2S/c18-17(19)14-9-13-11-6-3-4-8-15(11)20-16(13)12-7-2-1-5-10(12)14/h1-9H,(H,18,19). The number of hydrogen-bond donors (Lipinski definition) is 1. The van der Waals surface area contributed by atoms with Crippen molar-refractivity contribution >= 4 is 48.3 Å². The number of carboxylic acid groups (broad SMARTS) is 1. The summed E-state index contributed by atoms with van der Waals surface area (Å²) in [4.78, 5) is 11.5. The first-order chi connectivity index (χ1) is 9.75. The van der Waals surface area contributed by atoms with Crippen molar-refractivity contribution in [3.8, 4) is 0 Å². The van der Waals surface area contributed by atoms with Crippen LogP contribution in [0.15, 0.2) is 54.6 Å². The molecule has 0 saturated heterocycles. The van der Waals surface area contributed by atoms with Crippen molar-refractivity contribution < 1.29 is 9.90 Å². The van der Waals surface area contributed by atoms with Gasteiger partial charge in [0.1, 0.15) is 0 Å². The molecule has 0 aliphatic carbocycles. The second-order valence-corrected chi connectivity index (χ2v) is 5.80. The van der Waals surface area contributed by atoms with Gasteiger partial charge in [-0.05, 0) is 17.5 Å². The number of hydrogen-bond acceptors (Lipinski definition) is 2. The van der Waals surface area contributed by atoms with Gasteiger partial charge in [-0.3, -0.25) is 0 Å². The van der Waals surface area contributed by atoms with Crippen LogP contribution in [0.3, 0.4) is 0 Å². The molecule has 3 heteroatoms. The van der Waals surface area contributed by atoms with Crippen molar-refractivity contribution in [1.82, 2.24) is 0 Å². The molecule has 0 aliphatic heterocycles. The highest BCUT2D eigenvalue weighted by Crippen LogP contribution is 2.39. The first kappa shape index (κ1) is 11.4. The molecule has 0 atom stereocenters. The van der Waals surface area contributed by atoms with Gasteiger partial charge in [-0.2, -0.15) is 0 Å². The first-order valence-electron chi connectivity index (χ1n) is 6.32. The number of carboxylic acids is 1. The van der Waals surface area contributed by atoms with E-state index in [1.807, 2.05) is 36.4 Å². The Hall–Kier alpha value is -2.39. The molecule has 96 valence electrons. The molecule has 0 spiro atoms. The second-order valence-electron chi connectivity index (χ2n) is 4.75. The summed E-state index contributed by atoms with van der Waals surface area (Å²) in [5.74, 6) is -0.876. The Morgan fingerprint density at radius 2 is 1.50 bits per heavy atom. The lowest BCUT2D eigenvalue weighted by molar-refractivity contribution is 0.0699. The van der Waals surface area contributed by atoms with E-state index in [0.29, 0.717) is 5.56 Å². The van der Waals surface area contributed by atoms with E-state index in [0.717, 1.165) is 26.2 Å². The number of benzene rings is 3. The van der Waals surface area contributed by atoms with Crippen LogP contribution in [0, 0.1) is 0 Å². The van der Waals surface area contributed by atoms with Crippen LogP contribution in [0.2, 0.25) is 0 Å². The number of rotatable bonds is 1. The summed E-state index contributed by atoms with van der Waals surface area (Å²) < 4.78 is 2.35. The Morgan fingerprint density at radius 1 is 0.850 bits per heavy atom. The topological polar surface area (TPSA) is 37.3 Å². The Morgan fingerprint density at radius 3 is 2.25 bits per heavy atom. The van der Waals surface area contributed by atoms with Crippen molar-refractivity contribution in [2.24, 2.45) is 0 Å². The molecule has 0 amide bonds. The maximum Gasteiger partial charge on any atom is 0.336 e. The molecule has 0 aliphatic rings. The van der Waals surface area contributed by atoms with E-state index in [2.05, 4.69) is 12.1 Å². The maximum atomic E-state index is 11.5. The summed E-state index contributed by atoms with van der Waals surface area (Å²) in [7, 11) is 0. The molecule has 20 heavy (non-hydrogen) atoms. The minimum atomic E-state index is -0.876. The molecular formula is C17H10O2S. The Bertz CT molecular complexity index is 982. The molecule has 0 unspecified atom stereocenters. The molecule has 4 rings (SSSR count). The summed E-state index contributed by atoms with van der Waals surface area (Å²) >= 11 is 1.72. The fourth-order valence-electron chi connectivity index (χ4n) is 2.72. The lowest BCUT2D eigenvalue weighted by atomic mass is 10.0. The van der Waals surface area contributed by atoms with E-state index >= 15 is 0 Å². The van der Waals surface area contributed by atoms with Gasteiger partial charge in [0.15, 0.2) is 0 Å². The highest BCUT2D eigenvalue weighted by atomic mass is 32.1. The number of thiophene rings is 1. The Kier molecular flexibility index (Phi) is 2.32.